The molecule has 0 amide bonds. The summed E-state index contributed by atoms with van der Waals surface area (Å²) < 4.78 is 6.38. The van der Waals surface area contributed by atoms with Gasteiger partial charge in [0, 0.05) is 0 Å². The molecule has 0 heterocycles. The van der Waals surface area contributed by atoms with Crippen LogP contribution in [0.4, 0.5) is 5.69 Å². The van der Waals surface area contributed by atoms with E-state index in [1.807, 2.05) is 12.1 Å². The monoisotopic (exact) mass is 322 g/mol. The number of nitrogens with two attached hydrogens (primary N) is 1. The van der Waals surface area contributed by atoms with E-state index in [0.717, 1.165) is 0 Å². The van der Waals surface area contributed by atoms with Crippen LogP contribution in [0.3, 0.4) is 0 Å². The van der Waals surface area contributed by atoms with Gasteiger partial charge in [0.2, 0.25) is 0 Å². The molecule has 2 rings (SSSR count). The average molecular weight is 324 g/mol. The van der Waals surface area contributed by atoms with Crippen LogP contribution in [0, 0.1) is 11.3 Å². The van der Waals surface area contributed by atoms with Crippen molar-refractivity contribution in [1.82, 2.24) is 0 Å². The third kappa shape index (κ3) is 2.42. The average Bonchev–Trinajstić information content (AvgIpc) is 2.34. The van der Waals surface area contributed by atoms with E-state index in [1.54, 1.807) is 30.3 Å². The van der Waals surface area contributed by atoms with Crippen LogP contribution < -0.4 is 10.5 Å². The maximum atomic E-state index is 9.06. The second-order valence-corrected chi connectivity index (χ2v) is 4.75. The number of nitrogen functional groups attached to an aromatic ring is 1. The van der Waals surface area contributed by atoms with Crippen LogP contribution in [0.15, 0.2) is 40.9 Å². The second-order valence-electron chi connectivity index (χ2n) is 3.49. The lowest BCUT2D eigenvalue weighted by Gasteiger charge is -2.11. The summed E-state index contributed by atoms with van der Waals surface area (Å²) in [7, 11) is 0. The molecule has 5 heteroatoms. The van der Waals surface area contributed by atoms with Crippen molar-refractivity contribution in [3.8, 4) is 17.6 Å². The molecular formula is C13H8BrClN2O. The van der Waals surface area contributed by atoms with Gasteiger partial charge < -0.3 is 10.5 Å². The topological polar surface area (TPSA) is 59.0 Å². The highest BCUT2D eigenvalue weighted by Crippen LogP contribution is 2.37. The molecule has 0 aliphatic heterocycles. The van der Waals surface area contributed by atoms with Gasteiger partial charge in [-0.3, -0.25) is 0 Å². The van der Waals surface area contributed by atoms with Crippen molar-refractivity contribution in [3.05, 3.63) is 51.5 Å². The fourth-order valence-corrected chi connectivity index (χ4v) is 2.11. The molecule has 3 nitrogen and oxygen atoms in total. The molecule has 0 radical (unpaired) electrons. The SMILES string of the molecule is N#Cc1c(Cl)cccc1Oc1c(N)cccc1Br. The zero-order chi connectivity index (χ0) is 13.1. The summed E-state index contributed by atoms with van der Waals surface area (Å²) >= 11 is 9.28. The molecule has 0 saturated heterocycles. The van der Waals surface area contributed by atoms with E-state index >= 15 is 0 Å². The summed E-state index contributed by atoms with van der Waals surface area (Å²) in [4.78, 5) is 0. The maximum Gasteiger partial charge on any atom is 0.164 e. The van der Waals surface area contributed by atoms with Gasteiger partial charge in [0.15, 0.2) is 5.75 Å². The number of hydrogen-bond acceptors (Lipinski definition) is 3. The second kappa shape index (κ2) is 5.30. The Hall–Kier alpha value is -1.70. The van der Waals surface area contributed by atoms with E-state index in [4.69, 9.17) is 27.3 Å². The van der Waals surface area contributed by atoms with Crippen LogP contribution in [0.2, 0.25) is 5.02 Å². The fourth-order valence-electron chi connectivity index (χ4n) is 1.44. The predicted molar refractivity (Wildman–Crippen MR) is 74.8 cm³/mol. The molecule has 2 N–H and O–H groups in total. The van der Waals surface area contributed by atoms with E-state index in [9.17, 15) is 0 Å². The van der Waals surface area contributed by atoms with Gasteiger partial charge in [0.1, 0.15) is 17.4 Å². The molecule has 0 aromatic heterocycles. The fraction of sp³-hybridized carbons (Fsp3) is 0. The van der Waals surface area contributed by atoms with Crippen LogP contribution in [-0.4, -0.2) is 0 Å². The number of rotatable bonds is 2. The Morgan fingerprint density at radius 3 is 2.61 bits per heavy atom. The molecule has 0 atom stereocenters. The third-order valence-corrected chi connectivity index (χ3v) is 3.24. The molecule has 0 aliphatic carbocycles. The summed E-state index contributed by atoms with van der Waals surface area (Å²) in [5.74, 6) is 0.847. The molecule has 0 spiro atoms. The number of benzene rings is 2. The molecule has 2 aromatic carbocycles. The standard InChI is InChI=1S/C13H8BrClN2O/c14-9-3-1-5-11(17)13(9)18-12-6-2-4-10(15)8(12)7-16/h1-6H,17H2. The van der Waals surface area contributed by atoms with E-state index in [2.05, 4.69) is 15.9 Å². The first-order chi connectivity index (χ1) is 8.63. The van der Waals surface area contributed by atoms with Crippen LogP contribution in [-0.2, 0) is 0 Å². The Morgan fingerprint density at radius 2 is 1.94 bits per heavy atom. The zero-order valence-electron chi connectivity index (χ0n) is 9.15. The van der Waals surface area contributed by atoms with Gasteiger partial charge in [-0.15, -0.1) is 0 Å². The summed E-state index contributed by atoms with van der Waals surface area (Å²) in [6.07, 6.45) is 0. The lowest BCUT2D eigenvalue weighted by molar-refractivity contribution is 0.480. The summed E-state index contributed by atoms with van der Waals surface area (Å²) in [6.45, 7) is 0. The Balaban J connectivity index is 2.48. The Labute approximate surface area is 118 Å². The Bertz CT molecular complexity index is 617. The van der Waals surface area contributed by atoms with Gasteiger partial charge in [-0.25, -0.2) is 0 Å². The van der Waals surface area contributed by atoms with E-state index in [1.165, 1.54) is 0 Å². The van der Waals surface area contributed by atoms with Gasteiger partial charge in [-0.05, 0) is 40.2 Å². The largest absolute Gasteiger partial charge is 0.453 e. The van der Waals surface area contributed by atoms with Crippen LogP contribution in [0.25, 0.3) is 0 Å². The minimum Gasteiger partial charge on any atom is -0.453 e. The lowest BCUT2D eigenvalue weighted by Crippen LogP contribution is -1.94. The highest BCUT2D eigenvalue weighted by molar-refractivity contribution is 9.10. The molecular weight excluding hydrogens is 316 g/mol. The van der Waals surface area contributed by atoms with Crippen molar-refractivity contribution >= 4 is 33.2 Å². The number of para-hydroxylation sites is 1. The van der Waals surface area contributed by atoms with E-state index in [-0.39, 0.29) is 5.56 Å². The Morgan fingerprint density at radius 1 is 1.22 bits per heavy atom. The van der Waals surface area contributed by atoms with Gasteiger partial charge in [-0.1, -0.05) is 23.7 Å². The molecule has 0 fully saturated rings. The van der Waals surface area contributed by atoms with Crippen molar-refractivity contribution in [2.75, 3.05) is 5.73 Å². The molecule has 0 aliphatic rings. The molecule has 0 unspecified atom stereocenters. The van der Waals surface area contributed by atoms with Gasteiger partial charge in [0.05, 0.1) is 15.2 Å². The number of halogens is 2. The Kier molecular flexibility index (Phi) is 3.75. The number of nitrogens with zero attached hydrogens (tertiary/aromatic N) is 1. The molecule has 2 aromatic rings. The number of ether oxygens (including phenoxy) is 1. The van der Waals surface area contributed by atoms with Crippen LogP contribution in [0.1, 0.15) is 5.56 Å². The minimum absolute atomic E-state index is 0.286. The smallest absolute Gasteiger partial charge is 0.164 e. The summed E-state index contributed by atoms with van der Waals surface area (Å²) in [6, 6.07) is 12.4. The van der Waals surface area contributed by atoms with Gasteiger partial charge >= 0.3 is 0 Å². The minimum atomic E-state index is 0.286. The molecule has 18 heavy (non-hydrogen) atoms. The van der Waals surface area contributed by atoms with Gasteiger partial charge in [0.25, 0.3) is 0 Å². The highest BCUT2D eigenvalue weighted by Gasteiger charge is 2.12. The number of hydrogen-bond donors (Lipinski definition) is 1. The summed E-state index contributed by atoms with van der Waals surface area (Å²) in [5, 5.41) is 9.41. The zero-order valence-corrected chi connectivity index (χ0v) is 11.5. The first-order valence-corrected chi connectivity index (χ1v) is 6.21. The number of nitriles is 1. The van der Waals surface area contributed by atoms with Crippen molar-refractivity contribution in [1.29, 1.82) is 5.26 Å². The normalized spacial score (nSPS) is 9.83. The number of anilines is 1. The van der Waals surface area contributed by atoms with Gasteiger partial charge in [-0.2, -0.15) is 5.26 Å². The maximum absolute atomic E-state index is 9.06. The van der Waals surface area contributed by atoms with E-state index < -0.39 is 0 Å². The van der Waals surface area contributed by atoms with Crippen LogP contribution in [0.5, 0.6) is 11.5 Å². The van der Waals surface area contributed by atoms with E-state index in [0.29, 0.717) is 26.7 Å². The predicted octanol–water partition coefficient (Wildman–Crippen LogP) is 4.35. The quantitative estimate of drug-likeness (QED) is 0.836. The van der Waals surface area contributed by atoms with Crippen molar-refractivity contribution in [2.45, 2.75) is 0 Å². The molecule has 0 saturated carbocycles. The van der Waals surface area contributed by atoms with Crippen molar-refractivity contribution in [3.63, 3.8) is 0 Å². The molecule has 0 bridgehead atoms. The first kappa shape index (κ1) is 12.7. The first-order valence-electron chi connectivity index (χ1n) is 5.04. The summed E-state index contributed by atoms with van der Waals surface area (Å²) in [5.41, 5.74) is 6.59. The van der Waals surface area contributed by atoms with Crippen LogP contribution >= 0.6 is 27.5 Å². The molecule has 90 valence electrons. The van der Waals surface area contributed by atoms with Crippen molar-refractivity contribution in [2.24, 2.45) is 0 Å². The highest BCUT2D eigenvalue weighted by atomic mass is 79.9. The lowest BCUT2D eigenvalue weighted by atomic mass is 10.2. The van der Waals surface area contributed by atoms with Crippen molar-refractivity contribution < 1.29 is 4.74 Å². The third-order valence-electron chi connectivity index (χ3n) is 2.30.